The van der Waals surface area contributed by atoms with Crippen LogP contribution in [0.3, 0.4) is 0 Å². The molecule has 4 aliphatic rings. The predicted molar refractivity (Wildman–Crippen MR) is 263 cm³/mol. The van der Waals surface area contributed by atoms with Crippen LogP contribution < -0.4 is 18.9 Å². The fraction of sp³-hybridized carbons (Fsp3) is 0.554. The number of carbonyl (C=O) groups is 2. The Labute approximate surface area is 403 Å². The zero-order chi connectivity index (χ0) is 47.7. The summed E-state index contributed by atoms with van der Waals surface area (Å²) in [6.07, 6.45) is 20.4. The number of benzene rings is 3. The standard InChI is InChI=1S/C56H74N2O10/c1-4-7-8-9-10-11-12-13-14-24-53(62)58(37-40-25-27-50-51(33-40)64-39-63-50)52-36-48(57-66-6-3)46-34-42(21-15-17-29-59)45(23-16-18-30-60)54-47-35-44(67-43-22-19-20-41(32-43)38-61)26-28-49(47)68-56(52,55(46)54)65-31-5-2/h5,19-20,22,25-28,32-35,38,42,45,52,54-55,59-60H,2,4,6-18,21,23-24,29-31,36-37,39H2,1,3H3. The molecule has 3 aromatic rings. The van der Waals surface area contributed by atoms with Crippen molar-refractivity contribution < 1.29 is 48.3 Å². The minimum absolute atomic E-state index is 0.00446. The molecule has 1 fully saturated rings. The Bertz CT molecular complexity index is 2190. The Hall–Kier alpha value is -5.17. The number of carbonyl (C=O) groups excluding carboxylic acids is 2. The molecule has 7 rings (SSSR count). The number of unbranched alkanes of at least 4 members (excludes halogenated alkanes) is 10. The monoisotopic (exact) mass is 935 g/mol. The second-order valence-corrected chi connectivity index (χ2v) is 18.8. The van der Waals surface area contributed by atoms with Crippen molar-refractivity contribution in [3.8, 4) is 28.7 Å². The number of rotatable bonds is 29. The summed E-state index contributed by atoms with van der Waals surface area (Å²) < 4.78 is 32.7. The van der Waals surface area contributed by atoms with E-state index >= 15 is 4.79 Å². The molecule has 6 atom stereocenters. The van der Waals surface area contributed by atoms with Crippen molar-refractivity contribution >= 4 is 17.9 Å². The molecule has 68 heavy (non-hydrogen) atoms. The number of ether oxygens (including phenoxy) is 5. The summed E-state index contributed by atoms with van der Waals surface area (Å²) in [5.41, 5.74) is 4.07. The molecule has 6 unspecified atom stereocenters. The maximum Gasteiger partial charge on any atom is 0.239 e. The first-order chi connectivity index (χ1) is 33.4. The lowest BCUT2D eigenvalue weighted by molar-refractivity contribution is -0.258. The molecule has 368 valence electrons. The molecule has 0 spiro atoms. The zero-order valence-electron chi connectivity index (χ0n) is 40.4. The molecule has 0 aromatic heterocycles. The maximum atomic E-state index is 15.3. The van der Waals surface area contributed by atoms with Gasteiger partial charge in [-0.3, -0.25) is 9.59 Å². The van der Waals surface area contributed by atoms with Crippen LogP contribution in [0.1, 0.15) is 150 Å². The highest BCUT2D eigenvalue weighted by Gasteiger charge is 2.65. The molecular weight excluding hydrogens is 861 g/mol. The molecule has 0 radical (unpaired) electrons. The number of allylic oxidation sites excluding steroid dienone is 1. The lowest BCUT2D eigenvalue weighted by Crippen LogP contribution is -2.70. The van der Waals surface area contributed by atoms with Gasteiger partial charge in [0.15, 0.2) is 11.5 Å². The third kappa shape index (κ3) is 12.2. The van der Waals surface area contributed by atoms with Gasteiger partial charge < -0.3 is 43.6 Å². The number of amides is 1. The molecule has 2 heterocycles. The highest BCUT2D eigenvalue weighted by Crippen LogP contribution is 2.62. The van der Waals surface area contributed by atoms with Gasteiger partial charge in [0.25, 0.3) is 0 Å². The summed E-state index contributed by atoms with van der Waals surface area (Å²) in [5, 5.41) is 24.9. The summed E-state index contributed by atoms with van der Waals surface area (Å²) in [4.78, 5) is 34.9. The second-order valence-electron chi connectivity index (χ2n) is 18.8. The van der Waals surface area contributed by atoms with Crippen molar-refractivity contribution in [2.45, 2.75) is 147 Å². The Morgan fingerprint density at radius 3 is 2.34 bits per heavy atom. The lowest BCUT2D eigenvalue weighted by Gasteiger charge is -2.60. The third-order valence-electron chi connectivity index (χ3n) is 14.2. The third-order valence-corrected chi connectivity index (χ3v) is 14.2. The number of aldehydes is 1. The summed E-state index contributed by atoms with van der Waals surface area (Å²) in [7, 11) is 0. The van der Waals surface area contributed by atoms with Crippen molar-refractivity contribution in [2.24, 2.45) is 22.9 Å². The van der Waals surface area contributed by atoms with Gasteiger partial charge in [-0.2, -0.15) is 0 Å². The molecular formula is C56H74N2O10. The average Bonchev–Trinajstić information content (AvgIpc) is 3.83. The molecule has 3 aromatic carbocycles. The second kappa shape index (κ2) is 25.4. The van der Waals surface area contributed by atoms with E-state index in [0.717, 1.165) is 73.6 Å². The van der Waals surface area contributed by atoms with Gasteiger partial charge >= 0.3 is 0 Å². The minimum atomic E-state index is -1.40. The number of hydrogen-bond acceptors (Lipinski definition) is 11. The summed E-state index contributed by atoms with van der Waals surface area (Å²) in [6, 6.07) is 18.2. The Morgan fingerprint density at radius 2 is 1.59 bits per heavy atom. The summed E-state index contributed by atoms with van der Waals surface area (Å²) in [5.74, 6) is 1.11. The van der Waals surface area contributed by atoms with Crippen molar-refractivity contribution in [3.05, 3.63) is 102 Å². The highest BCUT2D eigenvalue weighted by atomic mass is 16.7. The number of aliphatic hydroxyl groups is 2. The Kier molecular flexibility index (Phi) is 19.0. The van der Waals surface area contributed by atoms with Crippen molar-refractivity contribution in [1.29, 1.82) is 0 Å². The lowest BCUT2D eigenvalue weighted by atomic mass is 9.55. The van der Waals surface area contributed by atoms with Crippen LogP contribution in [-0.2, 0) is 20.9 Å². The quantitative estimate of drug-likeness (QED) is 0.0298. The molecule has 12 heteroatoms. The molecule has 12 nitrogen and oxygen atoms in total. The molecule has 2 aliphatic heterocycles. The van der Waals surface area contributed by atoms with Crippen LogP contribution >= 0.6 is 0 Å². The molecule has 1 saturated carbocycles. The Morgan fingerprint density at radius 1 is 0.853 bits per heavy atom. The van der Waals surface area contributed by atoms with Crippen LogP contribution in [-0.4, -0.2) is 78.1 Å². The number of nitrogens with zero attached hydrogens (tertiary/aromatic N) is 2. The van der Waals surface area contributed by atoms with Gasteiger partial charge in [-0.1, -0.05) is 107 Å². The van der Waals surface area contributed by atoms with E-state index in [4.69, 9.17) is 33.7 Å². The number of oxime groups is 1. The number of hydrogen-bond donors (Lipinski definition) is 2. The summed E-state index contributed by atoms with van der Waals surface area (Å²) >= 11 is 0. The van der Waals surface area contributed by atoms with Gasteiger partial charge in [-0.05, 0) is 104 Å². The predicted octanol–water partition coefficient (Wildman–Crippen LogP) is 11.6. The number of aliphatic hydroxyl groups excluding tert-OH is 2. The van der Waals surface area contributed by atoms with E-state index in [1.54, 1.807) is 24.3 Å². The van der Waals surface area contributed by atoms with Crippen molar-refractivity contribution in [1.82, 2.24) is 4.90 Å². The van der Waals surface area contributed by atoms with Crippen molar-refractivity contribution in [2.75, 3.05) is 33.2 Å². The fourth-order valence-corrected chi connectivity index (χ4v) is 11.0. The molecule has 0 saturated heterocycles. The van der Waals surface area contributed by atoms with E-state index in [9.17, 15) is 15.0 Å². The van der Waals surface area contributed by atoms with Gasteiger partial charge in [0, 0.05) is 49.6 Å². The fourth-order valence-electron chi connectivity index (χ4n) is 11.0. The van der Waals surface area contributed by atoms with E-state index in [0.29, 0.717) is 66.6 Å². The van der Waals surface area contributed by atoms with Crippen LogP contribution in [0.2, 0.25) is 0 Å². The minimum Gasteiger partial charge on any atom is -0.459 e. The van der Waals surface area contributed by atoms with E-state index < -0.39 is 17.7 Å². The van der Waals surface area contributed by atoms with Crippen LogP contribution in [0.4, 0.5) is 0 Å². The van der Waals surface area contributed by atoms with Gasteiger partial charge in [-0.25, -0.2) is 0 Å². The molecule has 1 amide bonds. The van der Waals surface area contributed by atoms with Gasteiger partial charge in [0.05, 0.1) is 18.2 Å². The van der Waals surface area contributed by atoms with E-state index in [1.807, 2.05) is 48.2 Å². The first-order valence-electron chi connectivity index (χ1n) is 25.5. The molecule has 0 bridgehead atoms. The van der Waals surface area contributed by atoms with Crippen LogP contribution in [0.25, 0.3) is 0 Å². The first kappa shape index (κ1) is 50.7. The van der Waals surface area contributed by atoms with Crippen LogP contribution in [0, 0.1) is 17.8 Å². The highest BCUT2D eigenvalue weighted by molar-refractivity contribution is 6.03. The first-order valence-corrected chi connectivity index (χ1v) is 25.5. The Balaban J connectivity index is 1.36. The smallest absolute Gasteiger partial charge is 0.239 e. The zero-order valence-corrected chi connectivity index (χ0v) is 40.4. The normalized spacial score (nSPS) is 22.7. The largest absolute Gasteiger partial charge is 0.459 e. The van der Waals surface area contributed by atoms with Crippen molar-refractivity contribution in [3.63, 3.8) is 0 Å². The topological polar surface area (TPSA) is 146 Å². The summed E-state index contributed by atoms with van der Waals surface area (Å²) in [6.45, 7) is 9.38. The maximum absolute atomic E-state index is 15.3. The molecule has 2 aliphatic carbocycles. The van der Waals surface area contributed by atoms with Crippen LogP contribution in [0.5, 0.6) is 28.7 Å². The number of fused-ring (bicyclic) bond motifs is 3. The SMILES string of the molecule is C=CCOC12Oc3ccc(Oc4cccc(C=O)c4)cc3C3C(CCCCO)C(CCCCO)C=C(C(=NOCC)CC1N(Cc1ccc4c(c1)OCO4)C(=O)CCCCCCCCCCC)C32. The van der Waals surface area contributed by atoms with Crippen LogP contribution in [0.15, 0.2) is 90.1 Å². The van der Waals surface area contributed by atoms with E-state index in [-0.39, 0.29) is 56.8 Å². The van der Waals surface area contributed by atoms with E-state index in [1.165, 1.54) is 38.5 Å². The average molecular weight is 935 g/mol. The van der Waals surface area contributed by atoms with Gasteiger partial charge in [0.2, 0.25) is 18.5 Å². The van der Waals surface area contributed by atoms with E-state index in [2.05, 4.69) is 25.6 Å². The van der Waals surface area contributed by atoms with Gasteiger partial charge in [-0.15, -0.1) is 6.58 Å². The van der Waals surface area contributed by atoms with Gasteiger partial charge in [0.1, 0.15) is 36.2 Å². The molecule has 2 N–H and O–H groups in total.